The maximum Gasteiger partial charge on any atom is 0.228 e. The summed E-state index contributed by atoms with van der Waals surface area (Å²) >= 11 is 6.09. The molecule has 5 heteroatoms. The molecule has 1 aliphatic heterocycles. The molecular formula is C25H33ClN2O2. The first-order valence-corrected chi connectivity index (χ1v) is 11.0. The standard InChI is InChI=1S/C25H33ClN2O2/c1-19-6-5-7-20(16-19)18-30-23(21-8-10-22(26)11-9-21)17-27-12-14-28(15-13-27)24(29)25(2,3)4/h5-11,16,23H,12-15,17-18H2,1-4H3. The first kappa shape index (κ1) is 22.8. The lowest BCUT2D eigenvalue weighted by molar-refractivity contribution is -0.141. The maximum atomic E-state index is 12.6. The van der Waals surface area contributed by atoms with Gasteiger partial charge in [-0.1, -0.05) is 74.3 Å². The zero-order valence-corrected chi connectivity index (χ0v) is 19.3. The number of hydrogen-bond acceptors (Lipinski definition) is 3. The van der Waals surface area contributed by atoms with Gasteiger partial charge in [0.2, 0.25) is 5.91 Å². The quantitative estimate of drug-likeness (QED) is 0.641. The van der Waals surface area contributed by atoms with Crippen LogP contribution in [0.2, 0.25) is 5.02 Å². The summed E-state index contributed by atoms with van der Waals surface area (Å²) in [6.07, 6.45) is -0.0485. The minimum atomic E-state index is -0.328. The van der Waals surface area contributed by atoms with Crippen LogP contribution in [0.5, 0.6) is 0 Å². The Morgan fingerprint density at radius 3 is 2.33 bits per heavy atom. The van der Waals surface area contributed by atoms with Crippen LogP contribution in [-0.2, 0) is 16.1 Å². The van der Waals surface area contributed by atoms with Crippen molar-refractivity contribution < 1.29 is 9.53 Å². The number of carbonyl (C=O) groups is 1. The third-order valence-electron chi connectivity index (χ3n) is 5.50. The van der Waals surface area contributed by atoms with Crippen molar-refractivity contribution in [3.8, 4) is 0 Å². The van der Waals surface area contributed by atoms with Crippen molar-refractivity contribution in [2.45, 2.75) is 40.4 Å². The third-order valence-corrected chi connectivity index (χ3v) is 5.75. The van der Waals surface area contributed by atoms with Crippen molar-refractivity contribution >= 4 is 17.5 Å². The van der Waals surface area contributed by atoms with E-state index in [2.05, 4.69) is 36.1 Å². The second-order valence-electron chi connectivity index (χ2n) is 9.18. The SMILES string of the molecule is Cc1cccc(COC(CN2CCN(C(=O)C(C)(C)C)CC2)c2ccc(Cl)cc2)c1. The molecule has 1 saturated heterocycles. The number of carbonyl (C=O) groups excluding carboxylic acids is 1. The van der Waals surface area contributed by atoms with Gasteiger partial charge in [0, 0.05) is 43.2 Å². The number of benzene rings is 2. The van der Waals surface area contributed by atoms with Crippen molar-refractivity contribution in [3.63, 3.8) is 0 Å². The van der Waals surface area contributed by atoms with E-state index in [1.165, 1.54) is 11.1 Å². The van der Waals surface area contributed by atoms with Gasteiger partial charge in [-0.25, -0.2) is 0 Å². The molecule has 1 aliphatic rings. The van der Waals surface area contributed by atoms with Crippen LogP contribution in [0.25, 0.3) is 0 Å². The predicted octanol–water partition coefficient (Wildman–Crippen LogP) is 5.10. The fraction of sp³-hybridized carbons (Fsp3) is 0.480. The van der Waals surface area contributed by atoms with E-state index in [0.717, 1.165) is 43.3 Å². The average molecular weight is 429 g/mol. The van der Waals surface area contributed by atoms with Crippen LogP contribution < -0.4 is 0 Å². The lowest BCUT2D eigenvalue weighted by Gasteiger charge is -2.38. The third kappa shape index (κ3) is 6.31. The average Bonchev–Trinajstić information content (AvgIpc) is 2.71. The predicted molar refractivity (Wildman–Crippen MR) is 123 cm³/mol. The van der Waals surface area contributed by atoms with Gasteiger partial charge in [-0.15, -0.1) is 0 Å². The van der Waals surface area contributed by atoms with Gasteiger partial charge in [-0.05, 0) is 30.2 Å². The maximum absolute atomic E-state index is 12.6. The summed E-state index contributed by atoms with van der Waals surface area (Å²) in [4.78, 5) is 16.9. The molecule has 1 heterocycles. The molecule has 3 rings (SSSR count). The Bertz CT molecular complexity index is 837. The van der Waals surface area contributed by atoms with Crippen LogP contribution in [-0.4, -0.2) is 48.4 Å². The molecule has 0 spiro atoms. The highest BCUT2D eigenvalue weighted by Gasteiger charge is 2.30. The molecule has 30 heavy (non-hydrogen) atoms. The number of piperazine rings is 1. The molecule has 0 saturated carbocycles. The number of amides is 1. The molecule has 2 aromatic rings. The molecule has 0 aromatic heterocycles. The van der Waals surface area contributed by atoms with E-state index in [1.807, 2.05) is 49.9 Å². The van der Waals surface area contributed by atoms with E-state index in [-0.39, 0.29) is 17.4 Å². The van der Waals surface area contributed by atoms with Crippen LogP contribution >= 0.6 is 11.6 Å². The lowest BCUT2D eigenvalue weighted by atomic mass is 9.94. The van der Waals surface area contributed by atoms with Crippen molar-refractivity contribution in [2.75, 3.05) is 32.7 Å². The van der Waals surface area contributed by atoms with Crippen molar-refractivity contribution in [3.05, 3.63) is 70.2 Å². The van der Waals surface area contributed by atoms with Gasteiger partial charge in [-0.3, -0.25) is 9.69 Å². The highest BCUT2D eigenvalue weighted by molar-refractivity contribution is 6.30. The second-order valence-corrected chi connectivity index (χ2v) is 9.62. The molecule has 1 amide bonds. The molecule has 2 aromatic carbocycles. The van der Waals surface area contributed by atoms with Crippen LogP contribution in [0.4, 0.5) is 0 Å². The van der Waals surface area contributed by atoms with Gasteiger partial charge in [0.05, 0.1) is 12.7 Å². The zero-order valence-electron chi connectivity index (χ0n) is 18.5. The molecule has 0 radical (unpaired) electrons. The molecule has 1 unspecified atom stereocenters. The number of rotatable bonds is 6. The first-order valence-electron chi connectivity index (χ1n) is 10.7. The fourth-order valence-corrected chi connectivity index (χ4v) is 3.90. The Morgan fingerprint density at radius 2 is 1.73 bits per heavy atom. The van der Waals surface area contributed by atoms with Crippen molar-refractivity contribution in [1.29, 1.82) is 0 Å². The largest absolute Gasteiger partial charge is 0.368 e. The number of halogens is 1. The number of ether oxygens (including phenoxy) is 1. The monoisotopic (exact) mass is 428 g/mol. The lowest BCUT2D eigenvalue weighted by Crippen LogP contribution is -2.52. The summed E-state index contributed by atoms with van der Waals surface area (Å²) < 4.78 is 6.38. The highest BCUT2D eigenvalue weighted by Crippen LogP contribution is 2.24. The summed E-state index contributed by atoms with van der Waals surface area (Å²) in [5, 5.41) is 0.727. The molecule has 4 nitrogen and oxygen atoms in total. The molecule has 0 N–H and O–H groups in total. The Kier molecular flexibility index (Phi) is 7.56. The van der Waals surface area contributed by atoms with E-state index in [1.54, 1.807) is 0 Å². The van der Waals surface area contributed by atoms with E-state index < -0.39 is 0 Å². The zero-order chi connectivity index (χ0) is 21.7. The molecule has 0 aliphatic carbocycles. The van der Waals surface area contributed by atoms with Crippen molar-refractivity contribution in [2.24, 2.45) is 5.41 Å². The Hall–Kier alpha value is -1.88. The summed E-state index contributed by atoms with van der Waals surface area (Å²) in [5.41, 5.74) is 3.21. The van der Waals surface area contributed by atoms with Crippen LogP contribution in [0.1, 0.15) is 43.6 Å². The number of aryl methyl sites for hydroxylation is 1. The first-order chi connectivity index (χ1) is 14.2. The molecular weight excluding hydrogens is 396 g/mol. The van der Waals surface area contributed by atoms with Crippen molar-refractivity contribution in [1.82, 2.24) is 9.80 Å². The fourth-order valence-electron chi connectivity index (χ4n) is 3.77. The summed E-state index contributed by atoms with van der Waals surface area (Å²) in [7, 11) is 0. The molecule has 1 fully saturated rings. The normalized spacial score (nSPS) is 16.5. The van der Waals surface area contributed by atoms with E-state index in [0.29, 0.717) is 6.61 Å². The van der Waals surface area contributed by atoms with E-state index in [4.69, 9.17) is 16.3 Å². The Balaban J connectivity index is 1.64. The smallest absolute Gasteiger partial charge is 0.228 e. The van der Waals surface area contributed by atoms with Crippen LogP contribution in [0.3, 0.4) is 0 Å². The number of nitrogens with zero attached hydrogens (tertiary/aromatic N) is 2. The summed E-state index contributed by atoms with van der Waals surface area (Å²) in [5.74, 6) is 0.229. The number of hydrogen-bond donors (Lipinski definition) is 0. The second kappa shape index (κ2) is 9.95. The summed E-state index contributed by atoms with van der Waals surface area (Å²) in [6.45, 7) is 12.7. The van der Waals surface area contributed by atoms with E-state index in [9.17, 15) is 4.79 Å². The highest BCUT2D eigenvalue weighted by atomic mass is 35.5. The molecule has 0 bridgehead atoms. The van der Waals surface area contributed by atoms with Crippen LogP contribution in [0, 0.1) is 12.3 Å². The van der Waals surface area contributed by atoms with Gasteiger partial charge < -0.3 is 9.64 Å². The van der Waals surface area contributed by atoms with Gasteiger partial charge in [0.1, 0.15) is 0 Å². The molecule has 162 valence electrons. The van der Waals surface area contributed by atoms with Gasteiger partial charge in [-0.2, -0.15) is 0 Å². The summed E-state index contributed by atoms with van der Waals surface area (Å²) in [6, 6.07) is 16.3. The van der Waals surface area contributed by atoms with Crippen LogP contribution in [0.15, 0.2) is 48.5 Å². The van der Waals surface area contributed by atoms with Gasteiger partial charge >= 0.3 is 0 Å². The topological polar surface area (TPSA) is 32.8 Å². The Labute approximate surface area is 185 Å². The minimum Gasteiger partial charge on any atom is -0.368 e. The molecule has 1 atom stereocenters. The van der Waals surface area contributed by atoms with Gasteiger partial charge in [0.25, 0.3) is 0 Å². The van der Waals surface area contributed by atoms with E-state index >= 15 is 0 Å². The minimum absolute atomic E-state index is 0.0485. The Morgan fingerprint density at radius 1 is 1.07 bits per heavy atom. The van der Waals surface area contributed by atoms with Gasteiger partial charge in [0.15, 0.2) is 0 Å².